The summed E-state index contributed by atoms with van der Waals surface area (Å²) in [6, 6.07) is 4.93. The monoisotopic (exact) mass is 272 g/mol. The lowest BCUT2D eigenvalue weighted by atomic mass is 10.2. The minimum absolute atomic E-state index is 0.179. The van der Waals surface area contributed by atoms with Crippen LogP contribution in [0.4, 0.5) is 4.39 Å². The van der Waals surface area contributed by atoms with Gasteiger partial charge in [0.2, 0.25) is 0 Å². The normalized spacial score (nSPS) is 11.2. The summed E-state index contributed by atoms with van der Waals surface area (Å²) < 4.78 is 13.2. The molecule has 0 aliphatic rings. The molecule has 0 saturated heterocycles. The van der Waals surface area contributed by atoms with Crippen molar-refractivity contribution >= 4 is 11.6 Å². The van der Waals surface area contributed by atoms with E-state index in [1.54, 1.807) is 6.07 Å². The van der Waals surface area contributed by atoms with Crippen molar-refractivity contribution in [1.82, 2.24) is 10.2 Å². The molecule has 0 radical (unpaired) electrons. The molecule has 1 aromatic carbocycles. The van der Waals surface area contributed by atoms with Gasteiger partial charge in [-0.25, -0.2) is 4.39 Å². The van der Waals surface area contributed by atoms with Crippen LogP contribution in [0.25, 0.3) is 0 Å². The van der Waals surface area contributed by atoms with E-state index in [0.717, 1.165) is 31.7 Å². The molecule has 0 fully saturated rings. The highest BCUT2D eigenvalue weighted by atomic mass is 35.5. The zero-order valence-corrected chi connectivity index (χ0v) is 11.9. The highest BCUT2D eigenvalue weighted by Gasteiger charge is 2.02. The van der Waals surface area contributed by atoms with Gasteiger partial charge >= 0.3 is 0 Å². The van der Waals surface area contributed by atoms with E-state index in [4.69, 9.17) is 11.6 Å². The van der Waals surface area contributed by atoms with Crippen molar-refractivity contribution in [3.8, 4) is 0 Å². The van der Waals surface area contributed by atoms with E-state index in [1.807, 2.05) is 6.07 Å². The van der Waals surface area contributed by atoms with Crippen LogP contribution >= 0.6 is 11.6 Å². The number of rotatable bonds is 8. The van der Waals surface area contributed by atoms with Crippen molar-refractivity contribution in [1.29, 1.82) is 0 Å². The average molecular weight is 273 g/mol. The van der Waals surface area contributed by atoms with Gasteiger partial charge in [0.15, 0.2) is 0 Å². The van der Waals surface area contributed by atoms with E-state index in [9.17, 15) is 4.39 Å². The second-order valence-corrected chi connectivity index (χ2v) is 4.77. The molecule has 2 nitrogen and oxygen atoms in total. The molecule has 0 atom stereocenters. The number of nitrogens with zero attached hydrogens (tertiary/aromatic N) is 1. The number of benzene rings is 1. The molecule has 102 valence electrons. The molecule has 0 bridgehead atoms. The molecular weight excluding hydrogens is 251 g/mol. The summed E-state index contributed by atoms with van der Waals surface area (Å²) in [7, 11) is 0. The van der Waals surface area contributed by atoms with Crippen molar-refractivity contribution in [3.63, 3.8) is 0 Å². The molecule has 0 saturated carbocycles. The third kappa shape index (κ3) is 5.34. The van der Waals surface area contributed by atoms with Gasteiger partial charge in [0.25, 0.3) is 0 Å². The van der Waals surface area contributed by atoms with Gasteiger partial charge in [0.1, 0.15) is 5.82 Å². The predicted octanol–water partition coefficient (Wildman–Crippen LogP) is 3.30. The van der Waals surface area contributed by atoms with Crippen LogP contribution in [-0.2, 0) is 6.54 Å². The molecular formula is C14H22ClFN2. The summed E-state index contributed by atoms with van der Waals surface area (Å²) in [6.07, 6.45) is 1.18. The van der Waals surface area contributed by atoms with Crippen LogP contribution in [0.15, 0.2) is 18.2 Å². The lowest BCUT2D eigenvalue weighted by molar-refractivity contribution is 0.287. The number of nitrogens with one attached hydrogen (secondary N) is 1. The van der Waals surface area contributed by atoms with Crippen molar-refractivity contribution in [3.05, 3.63) is 34.6 Å². The van der Waals surface area contributed by atoms with Crippen LogP contribution in [0.2, 0.25) is 5.02 Å². The maximum atomic E-state index is 13.2. The average Bonchev–Trinajstić information content (AvgIpc) is 2.37. The van der Waals surface area contributed by atoms with Crippen LogP contribution < -0.4 is 5.32 Å². The molecule has 4 heteroatoms. The van der Waals surface area contributed by atoms with E-state index in [2.05, 4.69) is 24.1 Å². The summed E-state index contributed by atoms with van der Waals surface area (Å²) in [5, 5.41) is 3.50. The first-order valence-corrected chi connectivity index (χ1v) is 6.92. The number of likely N-dealkylation sites (N-methyl/N-ethyl adjacent to an activating group) is 1. The Hall–Kier alpha value is -0.640. The Morgan fingerprint density at radius 2 is 2.06 bits per heavy atom. The van der Waals surface area contributed by atoms with Gasteiger partial charge in [-0.05, 0) is 37.2 Å². The fraction of sp³-hybridized carbons (Fsp3) is 0.571. The molecule has 0 spiro atoms. The minimum Gasteiger partial charge on any atom is -0.311 e. The zero-order chi connectivity index (χ0) is 13.4. The fourth-order valence-corrected chi connectivity index (χ4v) is 1.98. The lowest BCUT2D eigenvalue weighted by Crippen LogP contribution is -2.32. The van der Waals surface area contributed by atoms with Gasteiger partial charge < -0.3 is 10.2 Å². The van der Waals surface area contributed by atoms with E-state index >= 15 is 0 Å². The van der Waals surface area contributed by atoms with Crippen LogP contribution in [-0.4, -0.2) is 31.1 Å². The first-order chi connectivity index (χ1) is 8.67. The van der Waals surface area contributed by atoms with E-state index in [0.29, 0.717) is 6.54 Å². The molecule has 0 aromatic heterocycles. The largest absolute Gasteiger partial charge is 0.311 e. The van der Waals surface area contributed by atoms with Gasteiger partial charge in [0.05, 0.1) is 5.02 Å². The van der Waals surface area contributed by atoms with Gasteiger partial charge in [-0.15, -0.1) is 0 Å². The predicted molar refractivity (Wildman–Crippen MR) is 75.5 cm³/mol. The summed E-state index contributed by atoms with van der Waals surface area (Å²) in [5.74, 6) is -0.350. The molecule has 18 heavy (non-hydrogen) atoms. The molecule has 1 rings (SSSR count). The maximum absolute atomic E-state index is 13.2. The highest BCUT2D eigenvalue weighted by Crippen LogP contribution is 2.15. The van der Waals surface area contributed by atoms with Crippen LogP contribution in [0.1, 0.15) is 25.8 Å². The second kappa shape index (κ2) is 8.46. The van der Waals surface area contributed by atoms with E-state index in [1.165, 1.54) is 12.5 Å². The Kier molecular flexibility index (Phi) is 7.25. The standard InChI is InChI=1S/C14H22ClFN2/c1-3-8-18(4-2)9-7-17-11-12-5-6-13(15)14(16)10-12/h5-6,10,17H,3-4,7-9,11H2,1-2H3. The smallest absolute Gasteiger partial charge is 0.142 e. The molecule has 0 heterocycles. The Balaban J connectivity index is 2.26. The Bertz CT molecular complexity index is 358. The minimum atomic E-state index is -0.350. The van der Waals surface area contributed by atoms with Crippen molar-refractivity contribution in [2.45, 2.75) is 26.8 Å². The van der Waals surface area contributed by atoms with Gasteiger partial charge in [-0.3, -0.25) is 0 Å². The molecule has 1 N–H and O–H groups in total. The fourth-order valence-electron chi connectivity index (χ4n) is 1.86. The lowest BCUT2D eigenvalue weighted by Gasteiger charge is -2.19. The third-order valence-corrected chi connectivity index (χ3v) is 3.21. The molecule has 1 aromatic rings. The Morgan fingerprint density at radius 3 is 2.67 bits per heavy atom. The Morgan fingerprint density at radius 1 is 1.28 bits per heavy atom. The summed E-state index contributed by atoms with van der Waals surface area (Å²) >= 11 is 5.64. The van der Waals surface area contributed by atoms with Gasteiger partial charge in [-0.1, -0.05) is 31.5 Å². The van der Waals surface area contributed by atoms with Crippen molar-refractivity contribution in [2.24, 2.45) is 0 Å². The van der Waals surface area contributed by atoms with E-state index in [-0.39, 0.29) is 10.8 Å². The first-order valence-electron chi connectivity index (χ1n) is 6.54. The number of hydrogen-bond donors (Lipinski definition) is 1. The van der Waals surface area contributed by atoms with Crippen LogP contribution in [0, 0.1) is 5.82 Å². The SMILES string of the molecule is CCCN(CC)CCNCc1ccc(Cl)c(F)c1. The maximum Gasteiger partial charge on any atom is 0.142 e. The highest BCUT2D eigenvalue weighted by molar-refractivity contribution is 6.30. The summed E-state index contributed by atoms with van der Waals surface area (Å²) in [5.41, 5.74) is 0.926. The summed E-state index contributed by atoms with van der Waals surface area (Å²) in [4.78, 5) is 2.40. The van der Waals surface area contributed by atoms with E-state index < -0.39 is 0 Å². The second-order valence-electron chi connectivity index (χ2n) is 4.36. The van der Waals surface area contributed by atoms with Crippen molar-refractivity contribution < 1.29 is 4.39 Å². The summed E-state index contributed by atoms with van der Waals surface area (Å²) in [6.45, 7) is 9.19. The van der Waals surface area contributed by atoms with Gasteiger partial charge in [-0.2, -0.15) is 0 Å². The third-order valence-electron chi connectivity index (χ3n) is 2.90. The quantitative estimate of drug-likeness (QED) is 0.731. The first kappa shape index (κ1) is 15.4. The van der Waals surface area contributed by atoms with Crippen molar-refractivity contribution in [2.75, 3.05) is 26.2 Å². The van der Waals surface area contributed by atoms with Crippen LogP contribution in [0.5, 0.6) is 0 Å². The molecule has 0 unspecified atom stereocenters. The Labute approximate surface area is 114 Å². The number of hydrogen-bond acceptors (Lipinski definition) is 2. The molecule has 0 aliphatic carbocycles. The molecule has 0 aliphatic heterocycles. The van der Waals surface area contributed by atoms with Crippen LogP contribution in [0.3, 0.4) is 0 Å². The topological polar surface area (TPSA) is 15.3 Å². The van der Waals surface area contributed by atoms with Gasteiger partial charge in [0, 0.05) is 19.6 Å². The molecule has 0 amide bonds. The number of halogens is 2. The zero-order valence-electron chi connectivity index (χ0n) is 11.2.